The van der Waals surface area contributed by atoms with Gasteiger partial charge in [-0.3, -0.25) is 9.69 Å². The molecular formula is C106H228N15O6+. The largest absolute Gasteiger partial charge is 0.395 e. The van der Waals surface area contributed by atoms with E-state index in [0.717, 1.165) is 170 Å². The average Bonchev–Trinajstić information content (AvgIpc) is 1.62. The summed E-state index contributed by atoms with van der Waals surface area (Å²) in [6.07, 6.45) is 51.1. The van der Waals surface area contributed by atoms with Gasteiger partial charge in [0.1, 0.15) is 5.78 Å². The van der Waals surface area contributed by atoms with E-state index < -0.39 is 0 Å². The lowest BCUT2D eigenvalue weighted by molar-refractivity contribution is -0.888. The number of hydrogen-bond acceptors (Lipinski definition) is 20. The van der Waals surface area contributed by atoms with Gasteiger partial charge in [0, 0.05) is 108 Å². The summed E-state index contributed by atoms with van der Waals surface area (Å²) in [6.45, 7) is 50.9. The number of rotatable bonds is 7. The Morgan fingerprint density at radius 2 is 0.787 bits per heavy atom. The Morgan fingerprint density at radius 1 is 0.409 bits per heavy atom. The number of aliphatic hydroxyl groups is 4. The number of aliphatic hydroxyl groups excluding tert-OH is 4. The van der Waals surface area contributed by atoms with Crippen LogP contribution >= 0.6 is 0 Å². The summed E-state index contributed by atoms with van der Waals surface area (Å²) in [6, 6.07) is 2.03. The molecule has 14 aliphatic rings. The fourth-order valence-corrected chi connectivity index (χ4v) is 16.9. The molecule has 14 heterocycles. The summed E-state index contributed by atoms with van der Waals surface area (Å²) >= 11 is 0. The quantitative estimate of drug-likeness (QED) is 0.120. The van der Waals surface area contributed by atoms with Crippen LogP contribution in [0.3, 0.4) is 0 Å². The van der Waals surface area contributed by atoms with Crippen LogP contribution < -0.4 is 5.73 Å². The van der Waals surface area contributed by atoms with Crippen molar-refractivity contribution in [2.24, 2.45) is 53.1 Å². The van der Waals surface area contributed by atoms with Crippen molar-refractivity contribution in [1.29, 1.82) is 0 Å². The van der Waals surface area contributed by atoms with E-state index in [9.17, 15) is 9.90 Å². The van der Waals surface area contributed by atoms with Crippen molar-refractivity contribution in [2.75, 3.05) is 303 Å². The van der Waals surface area contributed by atoms with Crippen molar-refractivity contribution in [3.63, 3.8) is 0 Å². The number of nitrogens with zero attached hydrogens (tertiary/aromatic N) is 14. The van der Waals surface area contributed by atoms with Gasteiger partial charge in [-0.1, -0.05) is 180 Å². The molecule has 0 aromatic heterocycles. The molecule has 21 nitrogen and oxygen atoms in total. The molecule has 9 saturated heterocycles. The highest BCUT2D eigenvalue weighted by Gasteiger charge is 2.24. The van der Waals surface area contributed by atoms with Gasteiger partial charge < -0.3 is 94.2 Å². The number of ketones is 1. The Balaban J connectivity index is -0.000000242. The van der Waals surface area contributed by atoms with E-state index in [1.165, 1.54) is 168 Å². The highest BCUT2D eigenvalue weighted by Crippen LogP contribution is 2.20. The molecule has 0 saturated carbocycles. The maximum Gasteiger partial charge on any atom is 0.146 e. The first kappa shape index (κ1) is 137. The van der Waals surface area contributed by atoms with Crippen molar-refractivity contribution in [3.05, 3.63) is 72.9 Å². The number of likely N-dealkylation sites (tertiary alicyclic amines) is 9. The van der Waals surface area contributed by atoms with Gasteiger partial charge in [-0.15, -0.1) is 0 Å². The minimum atomic E-state index is -0.0325. The summed E-state index contributed by atoms with van der Waals surface area (Å²) in [7, 11) is 34.2. The van der Waals surface area contributed by atoms with Crippen molar-refractivity contribution in [2.45, 2.75) is 266 Å². The Kier molecular flexibility index (Phi) is 93.2. The van der Waals surface area contributed by atoms with Gasteiger partial charge in [0.05, 0.1) is 72.9 Å². The zero-order valence-corrected chi connectivity index (χ0v) is 84.0. The summed E-state index contributed by atoms with van der Waals surface area (Å²) in [5, 5.41) is 35.3. The van der Waals surface area contributed by atoms with E-state index in [-0.39, 0.29) is 50.7 Å². The summed E-state index contributed by atoms with van der Waals surface area (Å²) in [5.74, 6) is 6.93. The van der Waals surface area contributed by atoms with Crippen LogP contribution in [0.15, 0.2) is 72.9 Å². The molecule has 127 heavy (non-hydrogen) atoms. The molecule has 0 aromatic rings. The Hall–Kier alpha value is -2.69. The standard InChI is InChI=1S/C8H16N.C7H16N2.C7H15NO.2C7H15N.3C7H13N.C7H15N.3C6H13NO.C6H11NO.C6H13N.C6H10O.6CH4/c1-8-5-4-6-9(2,3)7-8;1-9-5-3-2-4-7(9)6-8;1-8-5-2-3-7(9)4-6-8;1-7-3-5-8(2)6-4-7;4*1-7-4-3-5-8(2)6-7;1-4-5-6-7-8(2)3;3*1-7-4-2-3-6(7)5-8;1-7-4-2-3-6(8)5-7;1-6-3-4-7(2)5-6;1-6-3-2-4-7-5-6;;;;;;/h4-5,8H,6-7H2,1-3H3;7H,2-6,8H2,1H3;7,9H,2-6H2,1H3;2*7H,3-6H2,1-2H3;3*3-4,7H,5-6H2,1-2H3;5-6H,4,7H2,1-3H3;3*6,8H,2-5H2,1H3;2-5H2,1H3;6H,3-5H2,1-2H3;2-3,6H,4-5H2,1H3;6*1H4/q+1;;;;;;;;;;;;;;;;;;;;/b;;;;;;;;6-5+;;;;;;;;;;;;/t;;;;;2*7-;;;2*6-;;;;;;;;;;/m.....10..10........../s1. The van der Waals surface area contributed by atoms with Crippen molar-refractivity contribution in [1.82, 2.24) is 63.7 Å². The predicted octanol–water partition coefficient (Wildman–Crippen LogP) is 16.2. The van der Waals surface area contributed by atoms with E-state index >= 15 is 0 Å². The minimum Gasteiger partial charge on any atom is -0.395 e. The van der Waals surface area contributed by atoms with E-state index in [2.05, 4.69) is 305 Å². The number of Topliss-reactive ketones (excluding diaryl/α,β-unsaturated/α-hetero) is 1. The number of allylic oxidation sites excluding steroid dienone is 1. The minimum absolute atomic E-state index is 0. The third-order valence-electron chi connectivity index (χ3n) is 24.9. The van der Waals surface area contributed by atoms with Crippen LogP contribution in [0.2, 0.25) is 0 Å². The monoisotopic (exact) mass is 1810 g/mol. The third-order valence-corrected chi connectivity index (χ3v) is 24.9. The molecule has 0 aliphatic carbocycles. The van der Waals surface area contributed by atoms with Crippen molar-refractivity contribution < 1.29 is 34.4 Å². The maximum atomic E-state index is 10.6. The smallest absolute Gasteiger partial charge is 0.146 e. The second kappa shape index (κ2) is 86.2. The van der Waals surface area contributed by atoms with Crippen LogP contribution in [0.4, 0.5) is 0 Å². The predicted molar refractivity (Wildman–Crippen MR) is 565 cm³/mol. The van der Waals surface area contributed by atoms with E-state index in [4.69, 9.17) is 25.8 Å². The maximum absolute atomic E-state index is 10.6. The van der Waals surface area contributed by atoms with Gasteiger partial charge in [0.15, 0.2) is 0 Å². The Labute approximate surface area is 794 Å². The average molecular weight is 1810 g/mol. The molecule has 8 unspecified atom stereocenters. The molecule has 0 aromatic carbocycles. The van der Waals surface area contributed by atoms with Crippen LogP contribution in [-0.2, 0) is 9.53 Å². The SMILES string of the molecule is C.C.C.C.C.C.CC/C=C/CN(C)C.CC1C=CCN(C)C1.CC1C=CCOC1.CC1C=CC[N+](C)(C)C1.CC1CCCN(C)C1.CC1CCN(C)C1.CC1CCN(C)CC1.CN1CCCC(=O)C1.CN1CCCC(O)CC1.CN1CCCC1CO.CN1CCCCC1CN.CN1CCC[C@@H]1CO.CN1CCC[C@H]1CO.C[C@@H]1C=CCN(C)C1.C[C@H]1C=CCN(C)C1. The van der Waals surface area contributed by atoms with Gasteiger partial charge in [-0.05, 0) is 327 Å². The molecule has 12 atom stereocenters. The van der Waals surface area contributed by atoms with Crippen LogP contribution in [0, 0.1) is 47.3 Å². The van der Waals surface area contributed by atoms with Crippen LogP contribution in [0.1, 0.15) is 235 Å². The molecule has 0 amide bonds. The number of nitrogens with two attached hydrogens (primary N) is 1. The molecule has 14 rings (SSSR count). The molecule has 0 radical (unpaired) electrons. The number of piperidine rings is 4. The topological polar surface area (TPSA) is 175 Å². The Morgan fingerprint density at radius 3 is 1.06 bits per heavy atom. The lowest BCUT2D eigenvalue weighted by Crippen LogP contribution is -2.44. The normalized spacial score (nSPS) is 28.1. The molecule has 9 fully saturated rings. The first-order valence-corrected chi connectivity index (χ1v) is 48.5. The van der Waals surface area contributed by atoms with Crippen LogP contribution in [0.5, 0.6) is 0 Å². The van der Waals surface area contributed by atoms with Gasteiger partial charge in [0.25, 0.3) is 0 Å². The molecule has 762 valence electrons. The molecular weight excluding hydrogens is 1580 g/mol. The zero-order chi connectivity index (χ0) is 90.9. The molecule has 6 N–H and O–H groups in total. The van der Waals surface area contributed by atoms with Gasteiger partial charge in [-0.25, -0.2) is 0 Å². The third kappa shape index (κ3) is 79.3. The van der Waals surface area contributed by atoms with Gasteiger partial charge in [-0.2, -0.15) is 0 Å². The van der Waals surface area contributed by atoms with Gasteiger partial charge in [0.2, 0.25) is 0 Å². The number of carbonyl (C=O) groups excluding carboxylic acids is 1. The fourth-order valence-electron chi connectivity index (χ4n) is 16.9. The van der Waals surface area contributed by atoms with E-state index in [1.54, 1.807) is 0 Å². The Bertz CT molecular complexity index is 2430. The van der Waals surface area contributed by atoms with Crippen molar-refractivity contribution >= 4 is 5.78 Å². The lowest BCUT2D eigenvalue weighted by Gasteiger charge is -2.33. The molecule has 0 spiro atoms. The highest BCUT2D eigenvalue weighted by atomic mass is 16.5. The van der Waals surface area contributed by atoms with E-state index in [1.807, 2.05) is 7.05 Å². The van der Waals surface area contributed by atoms with Crippen LogP contribution in [0.25, 0.3) is 0 Å². The van der Waals surface area contributed by atoms with Gasteiger partial charge >= 0.3 is 0 Å². The number of likely N-dealkylation sites (N-methyl/N-ethyl adjacent to an activating group) is 10. The fraction of sp³-hybridized carbons (Fsp3) is 0.877. The summed E-state index contributed by atoms with van der Waals surface area (Å²) in [5.41, 5.74) is 5.55. The lowest BCUT2D eigenvalue weighted by atomic mass is 10.00. The number of carbonyl (C=O) groups is 1. The molecule has 21 heteroatoms. The molecule has 0 bridgehead atoms. The first-order chi connectivity index (χ1) is 57.4. The molecule has 14 aliphatic heterocycles. The second-order valence-corrected chi connectivity index (χ2v) is 39.8. The van der Waals surface area contributed by atoms with E-state index in [0.29, 0.717) is 62.2 Å². The second-order valence-electron chi connectivity index (χ2n) is 39.8. The van der Waals surface area contributed by atoms with Crippen molar-refractivity contribution in [3.8, 4) is 0 Å². The first-order valence-electron chi connectivity index (χ1n) is 48.5. The highest BCUT2D eigenvalue weighted by molar-refractivity contribution is 5.81. The number of hydrogen-bond donors (Lipinski definition) is 5. The summed E-state index contributed by atoms with van der Waals surface area (Å²) in [4.78, 5) is 40.3. The zero-order valence-electron chi connectivity index (χ0n) is 84.0. The number of quaternary nitrogens is 1. The summed E-state index contributed by atoms with van der Waals surface area (Å²) < 4.78 is 6.25. The van der Waals surface area contributed by atoms with Crippen LogP contribution in [-0.4, -0.2) is 428 Å². The number of ether oxygens (including phenoxy) is 1.